The molecule has 114 valence electrons. The summed E-state index contributed by atoms with van der Waals surface area (Å²) in [5.74, 6) is 0.869. The fourth-order valence-corrected chi connectivity index (χ4v) is 5.20. The molecule has 0 unspecified atom stereocenters. The van der Waals surface area contributed by atoms with Crippen LogP contribution in [0.25, 0.3) is 0 Å². The maximum absolute atomic E-state index is 12.3. The number of Topliss-reactive ketones (excluding diaryl/α,β-unsaturated/α-hetero) is 1. The van der Waals surface area contributed by atoms with Gasteiger partial charge in [-0.3, -0.25) is 4.79 Å². The lowest BCUT2D eigenvalue weighted by atomic mass is 9.54. The van der Waals surface area contributed by atoms with Crippen LogP contribution >= 0.6 is 0 Å². The minimum atomic E-state index is -0.473. The quantitative estimate of drug-likeness (QED) is 0.741. The number of aliphatic hydroxyl groups is 1. The number of aliphatic hydroxyl groups excluding tert-OH is 1. The lowest BCUT2D eigenvalue weighted by Gasteiger charge is -2.52. The van der Waals surface area contributed by atoms with Crippen molar-refractivity contribution >= 4 is 5.78 Å². The number of fused-ring (bicyclic) bond motifs is 3. The molecule has 3 fully saturated rings. The molecule has 0 aromatic carbocycles. The predicted octanol–water partition coefficient (Wildman–Crippen LogP) is 3.09. The molecule has 0 spiro atoms. The zero-order valence-corrected chi connectivity index (χ0v) is 13.2. The second-order valence-corrected chi connectivity index (χ2v) is 8.24. The summed E-state index contributed by atoms with van der Waals surface area (Å²) in [6.07, 6.45) is 5.15. The molecule has 0 aromatic heterocycles. The average molecular weight is 280 g/mol. The van der Waals surface area contributed by atoms with Crippen molar-refractivity contribution in [3.63, 3.8) is 0 Å². The highest BCUT2D eigenvalue weighted by Gasteiger charge is 2.61. The van der Waals surface area contributed by atoms with Crippen molar-refractivity contribution in [1.29, 1.82) is 0 Å². The Morgan fingerprint density at radius 1 is 1.10 bits per heavy atom. The first-order valence-corrected chi connectivity index (χ1v) is 8.09. The van der Waals surface area contributed by atoms with E-state index in [0.29, 0.717) is 11.7 Å². The second kappa shape index (κ2) is 4.30. The number of carbonyl (C=O) groups excluding carboxylic acids is 1. The topological polar surface area (TPSA) is 46.5 Å². The first-order chi connectivity index (χ1) is 9.20. The van der Waals surface area contributed by atoms with E-state index in [4.69, 9.17) is 4.74 Å². The van der Waals surface area contributed by atoms with Crippen molar-refractivity contribution in [3.05, 3.63) is 0 Å². The van der Waals surface area contributed by atoms with Crippen LogP contribution in [0.3, 0.4) is 0 Å². The summed E-state index contributed by atoms with van der Waals surface area (Å²) in [5.41, 5.74) is -0.583. The summed E-state index contributed by atoms with van der Waals surface area (Å²) in [4.78, 5) is 12.3. The van der Waals surface area contributed by atoms with E-state index in [1.807, 2.05) is 13.8 Å². The number of ether oxygens (including phenoxy) is 1. The van der Waals surface area contributed by atoms with E-state index >= 15 is 0 Å². The molecule has 0 amide bonds. The molecule has 3 aliphatic rings. The van der Waals surface area contributed by atoms with E-state index in [1.54, 1.807) is 0 Å². The van der Waals surface area contributed by atoms with Crippen molar-refractivity contribution in [3.8, 4) is 0 Å². The van der Waals surface area contributed by atoms with Crippen LogP contribution in [0.15, 0.2) is 0 Å². The SMILES string of the molecule is CC1(C)O[C@H]2CC[C@]3(C)C(=O)CC[C@H]3[C@]2(C)CC[C@@H]1O. The second-order valence-electron chi connectivity index (χ2n) is 8.24. The zero-order chi connectivity index (χ0) is 14.8. The van der Waals surface area contributed by atoms with Crippen LogP contribution in [0, 0.1) is 16.7 Å². The third kappa shape index (κ3) is 1.82. The van der Waals surface area contributed by atoms with Gasteiger partial charge in [0, 0.05) is 11.8 Å². The molecule has 2 aliphatic carbocycles. The van der Waals surface area contributed by atoms with Crippen molar-refractivity contribution < 1.29 is 14.6 Å². The standard InChI is InChI=1S/C17H28O3/c1-15(2)12(18)7-9-17(4)11-5-6-13(19)16(11,3)10-8-14(17)20-15/h11-12,14,18H,5-10H2,1-4H3/t11-,12+,14+,16+,17+/m1/s1. The van der Waals surface area contributed by atoms with Gasteiger partial charge in [0.2, 0.25) is 0 Å². The molecule has 0 radical (unpaired) electrons. The maximum atomic E-state index is 12.3. The van der Waals surface area contributed by atoms with Crippen molar-refractivity contribution in [2.45, 2.75) is 84.0 Å². The summed E-state index contributed by atoms with van der Waals surface area (Å²) < 4.78 is 6.35. The first-order valence-electron chi connectivity index (χ1n) is 8.09. The van der Waals surface area contributed by atoms with Gasteiger partial charge in [-0.1, -0.05) is 13.8 Å². The number of hydrogen-bond donors (Lipinski definition) is 1. The van der Waals surface area contributed by atoms with Gasteiger partial charge in [-0.2, -0.15) is 0 Å². The van der Waals surface area contributed by atoms with Gasteiger partial charge in [0.05, 0.1) is 17.8 Å². The van der Waals surface area contributed by atoms with Crippen LogP contribution < -0.4 is 0 Å². The molecule has 0 aromatic rings. The summed E-state index contributed by atoms with van der Waals surface area (Å²) in [6.45, 7) is 8.46. The van der Waals surface area contributed by atoms with E-state index in [-0.39, 0.29) is 16.9 Å². The van der Waals surface area contributed by atoms with Crippen LogP contribution in [0.1, 0.15) is 66.2 Å². The molecule has 1 N–H and O–H groups in total. The Bertz CT molecular complexity index is 430. The third-order valence-electron chi connectivity index (χ3n) is 6.73. The average Bonchev–Trinajstić information content (AvgIpc) is 2.63. The molecule has 2 saturated carbocycles. The fourth-order valence-electron chi connectivity index (χ4n) is 5.20. The summed E-state index contributed by atoms with van der Waals surface area (Å²) in [7, 11) is 0. The Morgan fingerprint density at radius 2 is 1.80 bits per heavy atom. The molecule has 1 saturated heterocycles. The van der Waals surface area contributed by atoms with E-state index in [9.17, 15) is 9.90 Å². The Morgan fingerprint density at radius 3 is 2.50 bits per heavy atom. The van der Waals surface area contributed by atoms with Gasteiger partial charge in [0.1, 0.15) is 5.78 Å². The largest absolute Gasteiger partial charge is 0.390 e. The molecule has 1 heterocycles. The Labute approximate surface area is 122 Å². The highest BCUT2D eigenvalue weighted by molar-refractivity contribution is 5.87. The molecule has 3 heteroatoms. The molecule has 20 heavy (non-hydrogen) atoms. The van der Waals surface area contributed by atoms with E-state index < -0.39 is 11.7 Å². The lowest BCUT2D eigenvalue weighted by Crippen LogP contribution is -2.52. The lowest BCUT2D eigenvalue weighted by molar-refractivity contribution is -0.184. The normalized spacial score (nSPS) is 51.2. The fraction of sp³-hybridized carbons (Fsp3) is 0.941. The smallest absolute Gasteiger partial charge is 0.139 e. The van der Waals surface area contributed by atoms with Crippen molar-refractivity contribution in [2.75, 3.05) is 0 Å². The molecule has 3 nitrogen and oxygen atoms in total. The van der Waals surface area contributed by atoms with Crippen LogP contribution in [-0.2, 0) is 9.53 Å². The van der Waals surface area contributed by atoms with Crippen LogP contribution in [-0.4, -0.2) is 28.7 Å². The van der Waals surface area contributed by atoms with E-state index in [1.165, 1.54) is 0 Å². The highest BCUT2D eigenvalue weighted by atomic mass is 16.5. The van der Waals surface area contributed by atoms with E-state index in [0.717, 1.165) is 38.5 Å². The van der Waals surface area contributed by atoms with Gasteiger partial charge in [-0.05, 0) is 57.3 Å². The molecule has 0 bridgehead atoms. The predicted molar refractivity (Wildman–Crippen MR) is 77.4 cm³/mol. The minimum Gasteiger partial charge on any atom is -0.390 e. The molecule has 1 aliphatic heterocycles. The number of rotatable bonds is 0. The molecule has 5 atom stereocenters. The number of carbonyl (C=O) groups is 1. The van der Waals surface area contributed by atoms with Crippen LogP contribution in [0.5, 0.6) is 0 Å². The number of ketones is 1. The van der Waals surface area contributed by atoms with Gasteiger partial charge < -0.3 is 9.84 Å². The molecular weight excluding hydrogens is 252 g/mol. The summed E-state index contributed by atoms with van der Waals surface area (Å²) in [5, 5.41) is 10.3. The zero-order valence-electron chi connectivity index (χ0n) is 13.2. The van der Waals surface area contributed by atoms with E-state index in [2.05, 4.69) is 13.8 Å². The monoisotopic (exact) mass is 280 g/mol. The van der Waals surface area contributed by atoms with Gasteiger partial charge in [-0.15, -0.1) is 0 Å². The Balaban J connectivity index is 1.96. The maximum Gasteiger partial charge on any atom is 0.139 e. The molecule has 3 rings (SSSR count). The van der Waals surface area contributed by atoms with Crippen molar-refractivity contribution in [1.82, 2.24) is 0 Å². The Kier molecular flexibility index (Phi) is 3.12. The van der Waals surface area contributed by atoms with Gasteiger partial charge in [0.25, 0.3) is 0 Å². The minimum absolute atomic E-state index is 0.0356. The molecular formula is C17H28O3. The highest BCUT2D eigenvalue weighted by Crippen LogP contribution is 2.61. The van der Waals surface area contributed by atoms with Gasteiger partial charge in [0.15, 0.2) is 0 Å². The van der Waals surface area contributed by atoms with Crippen LogP contribution in [0.4, 0.5) is 0 Å². The van der Waals surface area contributed by atoms with Gasteiger partial charge >= 0.3 is 0 Å². The van der Waals surface area contributed by atoms with Crippen LogP contribution in [0.2, 0.25) is 0 Å². The summed E-state index contributed by atoms with van der Waals surface area (Å²) >= 11 is 0. The van der Waals surface area contributed by atoms with Crippen molar-refractivity contribution in [2.24, 2.45) is 16.7 Å². The third-order valence-corrected chi connectivity index (χ3v) is 6.73. The van der Waals surface area contributed by atoms with Gasteiger partial charge in [-0.25, -0.2) is 0 Å². The summed E-state index contributed by atoms with van der Waals surface area (Å²) in [6, 6.07) is 0. The Hall–Kier alpha value is -0.410. The number of hydrogen-bond acceptors (Lipinski definition) is 3. The first kappa shape index (κ1) is 14.5.